The first kappa shape index (κ1) is 21.0. The van der Waals surface area contributed by atoms with Gasteiger partial charge in [0.1, 0.15) is 5.82 Å². The van der Waals surface area contributed by atoms with Crippen LogP contribution in [-0.4, -0.2) is 32.8 Å². The molecule has 1 amide bonds. The SMILES string of the molecule is CCCn1ncc2cc(Nc3nc(N[C@@H]4CCCC[C@@H]4N)c(F)cc3C(N)=O)ccc21. The molecule has 1 aliphatic rings. The molecule has 1 fully saturated rings. The first-order valence-electron chi connectivity index (χ1n) is 10.7. The minimum Gasteiger partial charge on any atom is -0.365 e. The Balaban J connectivity index is 1.64. The highest BCUT2D eigenvalue weighted by Gasteiger charge is 2.24. The Kier molecular flexibility index (Phi) is 6.03. The molecule has 2 aromatic heterocycles. The molecule has 0 saturated heterocycles. The maximum Gasteiger partial charge on any atom is 0.252 e. The Bertz CT molecular complexity index is 1100. The van der Waals surface area contributed by atoms with E-state index in [1.807, 2.05) is 22.9 Å². The van der Waals surface area contributed by atoms with Gasteiger partial charge >= 0.3 is 0 Å². The predicted octanol–water partition coefficient (Wildman–Crippen LogP) is 3.50. The summed E-state index contributed by atoms with van der Waals surface area (Å²) in [5.41, 5.74) is 13.4. The molecule has 0 unspecified atom stereocenters. The van der Waals surface area contributed by atoms with Gasteiger partial charge in [-0.25, -0.2) is 9.37 Å². The van der Waals surface area contributed by atoms with E-state index in [1.54, 1.807) is 6.20 Å². The quantitative estimate of drug-likeness (QED) is 0.459. The number of carbonyl (C=O) groups excluding carboxylic acids is 1. The minimum absolute atomic E-state index is 0.0160. The van der Waals surface area contributed by atoms with Crippen molar-refractivity contribution in [2.24, 2.45) is 11.5 Å². The number of carbonyl (C=O) groups is 1. The number of fused-ring (bicyclic) bond motifs is 1. The van der Waals surface area contributed by atoms with Crippen LogP contribution in [0.5, 0.6) is 0 Å². The Labute approximate surface area is 180 Å². The van der Waals surface area contributed by atoms with Crippen molar-refractivity contribution in [3.05, 3.63) is 41.8 Å². The van der Waals surface area contributed by atoms with Crippen LogP contribution in [0.1, 0.15) is 49.4 Å². The highest BCUT2D eigenvalue weighted by Crippen LogP contribution is 2.28. The number of halogens is 1. The van der Waals surface area contributed by atoms with E-state index in [9.17, 15) is 9.18 Å². The summed E-state index contributed by atoms with van der Waals surface area (Å²) in [5.74, 6) is -1.13. The summed E-state index contributed by atoms with van der Waals surface area (Å²) < 4.78 is 16.6. The third kappa shape index (κ3) is 4.46. The highest BCUT2D eigenvalue weighted by atomic mass is 19.1. The molecule has 4 rings (SSSR count). The second kappa shape index (κ2) is 8.89. The lowest BCUT2D eigenvalue weighted by Crippen LogP contribution is -2.43. The molecule has 3 aromatic rings. The average molecular weight is 426 g/mol. The van der Waals surface area contributed by atoms with Gasteiger partial charge in [-0.3, -0.25) is 9.48 Å². The zero-order valence-corrected chi connectivity index (χ0v) is 17.6. The van der Waals surface area contributed by atoms with Gasteiger partial charge < -0.3 is 22.1 Å². The molecule has 2 heterocycles. The normalized spacial score (nSPS) is 18.8. The minimum atomic E-state index is -0.758. The van der Waals surface area contributed by atoms with Crippen LogP contribution < -0.4 is 22.1 Å². The summed E-state index contributed by atoms with van der Waals surface area (Å²) in [4.78, 5) is 16.3. The number of primary amides is 1. The van der Waals surface area contributed by atoms with Gasteiger partial charge in [0, 0.05) is 29.7 Å². The topological polar surface area (TPSA) is 124 Å². The summed E-state index contributed by atoms with van der Waals surface area (Å²) >= 11 is 0. The number of nitrogens with zero attached hydrogens (tertiary/aromatic N) is 3. The van der Waals surface area contributed by atoms with E-state index in [0.717, 1.165) is 55.6 Å². The third-order valence-corrected chi connectivity index (χ3v) is 5.72. The van der Waals surface area contributed by atoms with Crippen molar-refractivity contribution in [3.63, 3.8) is 0 Å². The summed E-state index contributed by atoms with van der Waals surface area (Å²) in [6.45, 7) is 2.93. The Morgan fingerprint density at radius 3 is 2.81 bits per heavy atom. The van der Waals surface area contributed by atoms with Crippen LogP contribution >= 0.6 is 0 Å². The standard InChI is InChI=1S/C22H28FN7O/c1-2-9-30-19-8-7-14(10-13(19)12-26-30)27-21-15(20(25)31)11-16(23)22(29-21)28-18-6-4-3-5-17(18)24/h7-8,10-12,17-18H,2-6,9,24H2,1H3,(H2,25,31)(H2,27,28,29)/t17-,18+/m0/s1. The van der Waals surface area contributed by atoms with Crippen LogP contribution in [0.4, 0.5) is 21.7 Å². The number of pyridine rings is 1. The van der Waals surface area contributed by atoms with Crippen LogP contribution in [0, 0.1) is 5.82 Å². The molecule has 0 aliphatic heterocycles. The molecule has 2 atom stereocenters. The van der Waals surface area contributed by atoms with Crippen molar-refractivity contribution >= 4 is 34.1 Å². The lowest BCUT2D eigenvalue weighted by molar-refractivity contribution is 0.100. The second-order valence-corrected chi connectivity index (χ2v) is 8.04. The van der Waals surface area contributed by atoms with E-state index in [0.29, 0.717) is 5.69 Å². The lowest BCUT2D eigenvalue weighted by Gasteiger charge is -2.30. The van der Waals surface area contributed by atoms with Crippen molar-refractivity contribution in [3.8, 4) is 0 Å². The van der Waals surface area contributed by atoms with Crippen molar-refractivity contribution in [1.82, 2.24) is 14.8 Å². The number of benzene rings is 1. The molecule has 1 aromatic carbocycles. The number of anilines is 3. The monoisotopic (exact) mass is 425 g/mol. The second-order valence-electron chi connectivity index (χ2n) is 8.04. The Hall–Kier alpha value is -3.20. The number of amides is 1. The number of nitrogens with two attached hydrogens (primary N) is 2. The molecule has 6 N–H and O–H groups in total. The van der Waals surface area contributed by atoms with Crippen LogP contribution in [0.25, 0.3) is 10.9 Å². The molecular weight excluding hydrogens is 397 g/mol. The fourth-order valence-corrected chi connectivity index (χ4v) is 4.08. The van der Waals surface area contributed by atoms with Crippen molar-refractivity contribution in [1.29, 1.82) is 0 Å². The van der Waals surface area contributed by atoms with Crippen LogP contribution in [-0.2, 0) is 6.54 Å². The third-order valence-electron chi connectivity index (χ3n) is 5.72. The van der Waals surface area contributed by atoms with E-state index in [1.165, 1.54) is 0 Å². The number of nitrogens with one attached hydrogen (secondary N) is 2. The Morgan fingerprint density at radius 1 is 1.26 bits per heavy atom. The molecule has 1 aliphatic carbocycles. The molecule has 8 nitrogen and oxygen atoms in total. The lowest BCUT2D eigenvalue weighted by atomic mass is 9.91. The summed E-state index contributed by atoms with van der Waals surface area (Å²) in [6, 6.07) is 6.72. The van der Waals surface area contributed by atoms with Gasteiger partial charge in [0.25, 0.3) is 5.91 Å². The Morgan fingerprint density at radius 2 is 2.06 bits per heavy atom. The van der Waals surface area contributed by atoms with Gasteiger partial charge in [0.15, 0.2) is 11.6 Å². The average Bonchev–Trinajstić information content (AvgIpc) is 3.14. The molecule has 0 bridgehead atoms. The van der Waals surface area contributed by atoms with Gasteiger partial charge in [0.05, 0.1) is 17.3 Å². The fourth-order valence-electron chi connectivity index (χ4n) is 4.08. The smallest absolute Gasteiger partial charge is 0.252 e. The van der Waals surface area contributed by atoms with Crippen molar-refractivity contribution in [2.45, 2.75) is 57.7 Å². The van der Waals surface area contributed by atoms with Gasteiger partial charge in [-0.2, -0.15) is 5.10 Å². The summed E-state index contributed by atoms with van der Waals surface area (Å²) in [6.07, 6.45) is 6.61. The molecule has 0 radical (unpaired) electrons. The molecule has 1 saturated carbocycles. The van der Waals surface area contributed by atoms with Gasteiger partial charge in [0.2, 0.25) is 0 Å². The fraction of sp³-hybridized carbons (Fsp3) is 0.409. The molecular formula is C22H28FN7O. The number of aryl methyl sites for hydroxylation is 1. The number of aromatic nitrogens is 3. The van der Waals surface area contributed by atoms with E-state index >= 15 is 0 Å². The molecule has 31 heavy (non-hydrogen) atoms. The summed E-state index contributed by atoms with van der Waals surface area (Å²) in [7, 11) is 0. The van der Waals surface area contributed by atoms with Gasteiger partial charge in [-0.1, -0.05) is 19.8 Å². The summed E-state index contributed by atoms with van der Waals surface area (Å²) in [5, 5.41) is 11.6. The zero-order chi connectivity index (χ0) is 22.0. The van der Waals surface area contributed by atoms with Crippen molar-refractivity contribution < 1.29 is 9.18 Å². The zero-order valence-electron chi connectivity index (χ0n) is 17.6. The number of hydrogen-bond acceptors (Lipinski definition) is 6. The first-order chi connectivity index (χ1) is 15.0. The largest absolute Gasteiger partial charge is 0.365 e. The van der Waals surface area contributed by atoms with E-state index in [4.69, 9.17) is 11.5 Å². The van der Waals surface area contributed by atoms with E-state index < -0.39 is 11.7 Å². The van der Waals surface area contributed by atoms with Crippen LogP contribution in [0.3, 0.4) is 0 Å². The maximum absolute atomic E-state index is 14.7. The highest BCUT2D eigenvalue weighted by molar-refractivity contribution is 5.99. The molecule has 164 valence electrons. The van der Waals surface area contributed by atoms with Crippen LogP contribution in [0.2, 0.25) is 0 Å². The first-order valence-corrected chi connectivity index (χ1v) is 10.7. The molecule has 0 spiro atoms. The van der Waals surface area contributed by atoms with Crippen LogP contribution in [0.15, 0.2) is 30.5 Å². The number of rotatable bonds is 7. The maximum atomic E-state index is 14.7. The van der Waals surface area contributed by atoms with E-state index in [2.05, 4.69) is 27.6 Å². The van der Waals surface area contributed by atoms with Crippen molar-refractivity contribution in [2.75, 3.05) is 10.6 Å². The predicted molar refractivity (Wildman–Crippen MR) is 120 cm³/mol. The van der Waals surface area contributed by atoms with Gasteiger partial charge in [-0.15, -0.1) is 0 Å². The van der Waals surface area contributed by atoms with E-state index in [-0.39, 0.29) is 29.3 Å². The van der Waals surface area contributed by atoms with Gasteiger partial charge in [-0.05, 0) is 43.5 Å². The molecule has 9 heteroatoms. The number of hydrogen-bond donors (Lipinski definition) is 4.